The predicted octanol–water partition coefficient (Wildman–Crippen LogP) is 4.46. The maximum Gasteiger partial charge on any atom is 0.293 e. The smallest absolute Gasteiger partial charge is 0.293 e. The molecule has 0 saturated carbocycles. The van der Waals surface area contributed by atoms with Gasteiger partial charge in [0.2, 0.25) is 5.78 Å². The van der Waals surface area contributed by atoms with Crippen LogP contribution in [-0.2, 0) is 7.05 Å². The van der Waals surface area contributed by atoms with E-state index in [-0.39, 0.29) is 22.9 Å². The minimum atomic E-state index is -0.497. The van der Waals surface area contributed by atoms with Gasteiger partial charge in [0, 0.05) is 37.3 Å². The number of imidazole rings is 1. The number of nitrogens with one attached hydrogen (secondary N) is 1. The van der Waals surface area contributed by atoms with Gasteiger partial charge in [-0.25, -0.2) is 4.98 Å². The molecule has 1 atom stereocenters. The Morgan fingerprint density at radius 2 is 1.91 bits per heavy atom. The predicted molar refractivity (Wildman–Crippen MR) is 121 cm³/mol. The zero-order valence-corrected chi connectivity index (χ0v) is 17.6. The van der Waals surface area contributed by atoms with Crippen molar-refractivity contribution in [2.24, 2.45) is 7.05 Å². The second-order valence-electron chi connectivity index (χ2n) is 7.43. The van der Waals surface area contributed by atoms with E-state index in [1.54, 1.807) is 36.1 Å². The van der Waals surface area contributed by atoms with Crippen LogP contribution in [0.2, 0.25) is 0 Å². The molecule has 8 heteroatoms. The monoisotopic (exact) mass is 427 g/mol. The Hall–Kier alpha value is -4.33. The lowest BCUT2D eigenvalue weighted by atomic mass is 10.00. The van der Waals surface area contributed by atoms with Gasteiger partial charge in [-0.2, -0.15) is 0 Å². The summed E-state index contributed by atoms with van der Waals surface area (Å²) in [5.74, 6) is -0.168. The fourth-order valence-electron chi connectivity index (χ4n) is 3.54. The van der Waals surface area contributed by atoms with Crippen molar-refractivity contribution in [3.8, 4) is 0 Å². The number of aryl methyl sites for hydroxylation is 2. The molecule has 0 aliphatic heterocycles. The highest BCUT2D eigenvalue weighted by atomic mass is 16.6. The number of anilines is 1. The van der Waals surface area contributed by atoms with Crippen LogP contribution < -0.4 is 5.32 Å². The molecule has 32 heavy (non-hydrogen) atoms. The molecule has 2 heterocycles. The van der Waals surface area contributed by atoms with E-state index < -0.39 is 11.0 Å². The number of carbonyl (C=O) groups excluding carboxylic acids is 1. The van der Waals surface area contributed by atoms with E-state index in [9.17, 15) is 14.9 Å². The summed E-state index contributed by atoms with van der Waals surface area (Å²) in [6.07, 6.45) is 4.84. The first-order valence-electron chi connectivity index (χ1n) is 9.98. The minimum Gasteiger partial charge on any atom is -0.367 e. The van der Waals surface area contributed by atoms with Gasteiger partial charge in [0.05, 0.1) is 16.7 Å². The Morgan fingerprint density at radius 1 is 1.06 bits per heavy atom. The summed E-state index contributed by atoms with van der Waals surface area (Å²) in [5, 5.41) is 15.1. The topological polar surface area (TPSA) is 103 Å². The van der Waals surface area contributed by atoms with E-state index in [1.807, 2.05) is 49.4 Å². The number of nitro groups is 1. The average Bonchev–Trinajstić information content (AvgIpc) is 3.23. The molecule has 0 amide bonds. The second kappa shape index (κ2) is 8.81. The van der Waals surface area contributed by atoms with Crippen LogP contribution in [0.15, 0.2) is 79.3 Å². The molecule has 1 N–H and O–H groups in total. The highest BCUT2D eigenvalue weighted by Crippen LogP contribution is 2.32. The van der Waals surface area contributed by atoms with Gasteiger partial charge >= 0.3 is 0 Å². The summed E-state index contributed by atoms with van der Waals surface area (Å²) < 4.78 is 1.58. The average molecular weight is 427 g/mol. The standard InChI is InChI=1S/C24H21N5O3/c1-16-6-5-7-17(14-16)22(20-8-3-4-11-25-20)27-19-10-9-18(15-21(19)29(31)32)23(30)24-26-12-13-28(24)2/h3-15,22,27H,1-2H3. The molecule has 0 spiro atoms. The summed E-state index contributed by atoms with van der Waals surface area (Å²) in [6, 6.07) is 17.4. The number of pyridine rings is 1. The first-order valence-corrected chi connectivity index (χ1v) is 9.98. The third kappa shape index (κ3) is 4.24. The lowest BCUT2D eigenvalue weighted by Gasteiger charge is -2.20. The highest BCUT2D eigenvalue weighted by molar-refractivity contribution is 6.07. The molecule has 0 radical (unpaired) electrons. The zero-order chi connectivity index (χ0) is 22.7. The molecule has 2 aromatic carbocycles. The van der Waals surface area contributed by atoms with Gasteiger partial charge in [-0.3, -0.25) is 19.9 Å². The van der Waals surface area contributed by atoms with Crippen molar-refractivity contribution >= 4 is 17.2 Å². The zero-order valence-electron chi connectivity index (χ0n) is 17.6. The van der Waals surface area contributed by atoms with Crippen LogP contribution in [0.4, 0.5) is 11.4 Å². The van der Waals surface area contributed by atoms with E-state index in [0.717, 1.165) is 16.8 Å². The molecular weight excluding hydrogens is 406 g/mol. The van der Waals surface area contributed by atoms with Crippen molar-refractivity contribution in [1.82, 2.24) is 14.5 Å². The second-order valence-corrected chi connectivity index (χ2v) is 7.43. The number of carbonyl (C=O) groups is 1. The summed E-state index contributed by atoms with van der Waals surface area (Å²) in [5.41, 5.74) is 3.01. The summed E-state index contributed by atoms with van der Waals surface area (Å²) in [7, 11) is 1.70. The molecule has 1 unspecified atom stereocenters. The molecule has 8 nitrogen and oxygen atoms in total. The molecule has 4 rings (SSSR count). The number of rotatable bonds is 7. The summed E-state index contributed by atoms with van der Waals surface area (Å²) in [4.78, 5) is 32.7. The number of benzene rings is 2. The quantitative estimate of drug-likeness (QED) is 0.265. The molecule has 0 bridgehead atoms. The molecule has 0 saturated heterocycles. The molecule has 0 fully saturated rings. The third-order valence-electron chi connectivity index (χ3n) is 5.14. The Kier molecular flexibility index (Phi) is 5.76. The van der Waals surface area contributed by atoms with Gasteiger partial charge in [0.15, 0.2) is 5.82 Å². The van der Waals surface area contributed by atoms with Gasteiger partial charge in [0.1, 0.15) is 5.69 Å². The Bertz CT molecular complexity index is 1280. The number of nitro benzene ring substituents is 1. The molecule has 0 aliphatic carbocycles. The van der Waals surface area contributed by atoms with Crippen molar-refractivity contribution in [3.63, 3.8) is 0 Å². The number of nitrogens with zero attached hydrogens (tertiary/aromatic N) is 4. The first kappa shape index (κ1) is 20.9. The van der Waals surface area contributed by atoms with Crippen LogP contribution in [-0.4, -0.2) is 25.2 Å². The van der Waals surface area contributed by atoms with Crippen molar-refractivity contribution < 1.29 is 9.72 Å². The van der Waals surface area contributed by atoms with Crippen LogP contribution in [0.5, 0.6) is 0 Å². The van der Waals surface area contributed by atoms with Crippen molar-refractivity contribution in [1.29, 1.82) is 0 Å². The normalized spacial score (nSPS) is 11.7. The Balaban J connectivity index is 1.75. The molecule has 160 valence electrons. The molecule has 2 aromatic heterocycles. The summed E-state index contributed by atoms with van der Waals surface area (Å²) in [6.45, 7) is 1.99. The van der Waals surface area contributed by atoms with Gasteiger partial charge in [0.25, 0.3) is 5.69 Å². The minimum absolute atomic E-state index is 0.196. The van der Waals surface area contributed by atoms with Gasteiger partial charge in [-0.05, 0) is 36.8 Å². The SMILES string of the molecule is Cc1cccc(C(Nc2ccc(C(=O)c3nccn3C)cc2[N+](=O)[O-])c2ccccn2)c1. The Morgan fingerprint density at radius 3 is 2.56 bits per heavy atom. The fourth-order valence-corrected chi connectivity index (χ4v) is 3.54. The van der Waals surface area contributed by atoms with E-state index in [0.29, 0.717) is 5.69 Å². The van der Waals surface area contributed by atoms with Crippen LogP contribution in [0.25, 0.3) is 0 Å². The molecular formula is C24H21N5O3. The van der Waals surface area contributed by atoms with E-state index >= 15 is 0 Å². The fraction of sp³-hybridized carbons (Fsp3) is 0.125. The lowest BCUT2D eigenvalue weighted by molar-refractivity contribution is -0.384. The Labute approximate surface area is 184 Å². The maximum absolute atomic E-state index is 12.8. The number of hydrogen-bond donors (Lipinski definition) is 1. The van der Waals surface area contributed by atoms with Crippen LogP contribution in [0, 0.1) is 17.0 Å². The van der Waals surface area contributed by atoms with Crippen molar-refractivity contribution in [3.05, 3.63) is 118 Å². The largest absolute Gasteiger partial charge is 0.367 e. The highest BCUT2D eigenvalue weighted by Gasteiger charge is 2.24. The van der Waals surface area contributed by atoms with Crippen molar-refractivity contribution in [2.75, 3.05) is 5.32 Å². The van der Waals surface area contributed by atoms with E-state index in [4.69, 9.17) is 0 Å². The number of hydrogen-bond acceptors (Lipinski definition) is 6. The molecule has 0 aliphatic rings. The number of aromatic nitrogens is 3. The maximum atomic E-state index is 12.8. The third-order valence-corrected chi connectivity index (χ3v) is 5.14. The lowest BCUT2D eigenvalue weighted by Crippen LogP contribution is -2.15. The van der Waals surface area contributed by atoms with Crippen LogP contribution >= 0.6 is 0 Å². The van der Waals surface area contributed by atoms with Gasteiger partial charge in [-0.15, -0.1) is 0 Å². The van der Waals surface area contributed by atoms with E-state index in [1.165, 1.54) is 12.3 Å². The van der Waals surface area contributed by atoms with Crippen molar-refractivity contribution in [2.45, 2.75) is 13.0 Å². The van der Waals surface area contributed by atoms with Gasteiger partial charge < -0.3 is 9.88 Å². The summed E-state index contributed by atoms with van der Waals surface area (Å²) >= 11 is 0. The van der Waals surface area contributed by atoms with Gasteiger partial charge in [-0.1, -0.05) is 35.9 Å². The van der Waals surface area contributed by atoms with Crippen LogP contribution in [0.3, 0.4) is 0 Å². The van der Waals surface area contributed by atoms with Crippen LogP contribution in [0.1, 0.15) is 39.0 Å². The van der Waals surface area contributed by atoms with E-state index in [2.05, 4.69) is 15.3 Å². The first-order chi connectivity index (χ1) is 15.4. The number of ketones is 1. The molecule has 4 aromatic rings.